The number of hydrogen-bond donors (Lipinski definition) is 1. The van der Waals surface area contributed by atoms with Crippen molar-refractivity contribution in [2.45, 2.75) is 26.8 Å². The molecule has 0 saturated carbocycles. The molecule has 1 aromatic heterocycles. The lowest BCUT2D eigenvalue weighted by molar-refractivity contribution is 0.0693. The summed E-state index contributed by atoms with van der Waals surface area (Å²) in [4.78, 5) is 18.6. The van der Waals surface area contributed by atoms with Gasteiger partial charge >= 0.3 is 0 Å². The van der Waals surface area contributed by atoms with Crippen molar-refractivity contribution in [1.82, 2.24) is 15.2 Å². The minimum Gasteiger partial charge on any atom is -0.436 e. The number of likely N-dealkylation sites (tertiary alicyclic amines) is 1. The molecule has 5 nitrogen and oxygen atoms in total. The molecule has 0 aromatic carbocycles. The highest BCUT2D eigenvalue weighted by Gasteiger charge is 2.44. The Bertz CT molecular complexity index is 483. The van der Waals surface area contributed by atoms with Gasteiger partial charge in [-0.05, 0) is 25.7 Å². The van der Waals surface area contributed by atoms with Crippen LogP contribution in [0.3, 0.4) is 0 Å². The summed E-state index contributed by atoms with van der Waals surface area (Å²) >= 11 is 0. The van der Waals surface area contributed by atoms with E-state index in [-0.39, 0.29) is 11.9 Å². The van der Waals surface area contributed by atoms with E-state index >= 15 is 0 Å². The molecule has 98 valence electrons. The molecule has 2 fully saturated rings. The summed E-state index contributed by atoms with van der Waals surface area (Å²) in [6.45, 7) is 8.60. The molecule has 3 rings (SSSR count). The first-order chi connectivity index (χ1) is 8.58. The predicted octanol–water partition coefficient (Wildman–Crippen LogP) is 0.971. The van der Waals surface area contributed by atoms with Crippen LogP contribution >= 0.6 is 0 Å². The van der Waals surface area contributed by atoms with E-state index in [9.17, 15) is 4.79 Å². The highest BCUT2D eigenvalue weighted by molar-refractivity contribution is 5.93. The Hall–Kier alpha value is -1.36. The Morgan fingerprint density at radius 1 is 1.44 bits per heavy atom. The summed E-state index contributed by atoms with van der Waals surface area (Å²) < 4.78 is 5.44. The zero-order chi connectivity index (χ0) is 12.9. The molecule has 0 spiro atoms. The Morgan fingerprint density at radius 2 is 2.22 bits per heavy atom. The molecule has 0 bridgehead atoms. The van der Waals surface area contributed by atoms with Gasteiger partial charge in [-0.25, -0.2) is 4.98 Å². The Balaban J connectivity index is 1.83. The van der Waals surface area contributed by atoms with E-state index in [4.69, 9.17) is 4.42 Å². The average molecular weight is 249 g/mol. The van der Waals surface area contributed by atoms with Gasteiger partial charge in [0.2, 0.25) is 5.76 Å². The van der Waals surface area contributed by atoms with Crippen LogP contribution in [-0.4, -0.2) is 41.5 Å². The highest BCUT2D eigenvalue weighted by Crippen LogP contribution is 2.33. The number of amides is 1. The molecule has 2 aliphatic heterocycles. The minimum atomic E-state index is -0.00463. The van der Waals surface area contributed by atoms with Gasteiger partial charge in [0.25, 0.3) is 5.91 Å². The van der Waals surface area contributed by atoms with Gasteiger partial charge in [-0.15, -0.1) is 0 Å². The molecule has 3 atom stereocenters. The number of hydrogen-bond acceptors (Lipinski definition) is 4. The fourth-order valence-electron chi connectivity index (χ4n) is 3.30. The van der Waals surface area contributed by atoms with Crippen LogP contribution in [0.5, 0.6) is 0 Å². The second-order valence-corrected chi connectivity index (χ2v) is 5.43. The van der Waals surface area contributed by atoms with Gasteiger partial charge in [0.05, 0.1) is 5.69 Å². The van der Waals surface area contributed by atoms with Crippen LogP contribution in [0.25, 0.3) is 0 Å². The normalized spacial score (nSPS) is 30.8. The molecular weight excluding hydrogens is 230 g/mol. The monoisotopic (exact) mass is 249 g/mol. The zero-order valence-electron chi connectivity index (χ0n) is 11.1. The lowest BCUT2D eigenvalue weighted by atomic mass is 9.95. The van der Waals surface area contributed by atoms with Gasteiger partial charge in [0.1, 0.15) is 0 Å². The summed E-state index contributed by atoms with van der Waals surface area (Å²) in [6, 6.07) is 0.280. The van der Waals surface area contributed by atoms with Crippen molar-refractivity contribution in [3.63, 3.8) is 0 Å². The molecule has 5 heteroatoms. The summed E-state index contributed by atoms with van der Waals surface area (Å²) in [5.74, 6) is 2.14. The van der Waals surface area contributed by atoms with E-state index < -0.39 is 0 Å². The van der Waals surface area contributed by atoms with Crippen LogP contribution in [0.4, 0.5) is 0 Å². The predicted molar refractivity (Wildman–Crippen MR) is 66.3 cm³/mol. The number of carbonyl (C=O) groups excluding carboxylic acids is 1. The fourth-order valence-corrected chi connectivity index (χ4v) is 3.30. The van der Waals surface area contributed by atoms with Gasteiger partial charge < -0.3 is 14.6 Å². The van der Waals surface area contributed by atoms with E-state index in [1.807, 2.05) is 11.8 Å². The van der Waals surface area contributed by atoms with Crippen LogP contribution in [-0.2, 0) is 0 Å². The SMILES string of the molecule is Cc1nc(C)c(C(=O)N2CC3CNCC3C2C)o1. The van der Waals surface area contributed by atoms with Gasteiger partial charge in [-0.1, -0.05) is 0 Å². The average Bonchev–Trinajstić information content (AvgIpc) is 2.96. The number of aryl methyl sites for hydroxylation is 2. The van der Waals surface area contributed by atoms with Gasteiger partial charge in [-0.2, -0.15) is 0 Å². The number of carbonyl (C=O) groups is 1. The summed E-state index contributed by atoms with van der Waals surface area (Å²) in [5.41, 5.74) is 0.694. The first-order valence-electron chi connectivity index (χ1n) is 6.53. The van der Waals surface area contributed by atoms with Crippen molar-refractivity contribution in [3.05, 3.63) is 17.3 Å². The molecule has 1 aromatic rings. The Kier molecular flexibility index (Phi) is 2.66. The maximum absolute atomic E-state index is 12.5. The standard InChI is InChI=1S/C13H19N3O2/c1-7-12(18-9(3)15-7)13(17)16-6-10-4-14-5-11(10)8(16)2/h8,10-11,14H,4-6H2,1-3H3. The van der Waals surface area contributed by atoms with E-state index in [0.29, 0.717) is 29.2 Å². The molecule has 3 heterocycles. The van der Waals surface area contributed by atoms with Crippen LogP contribution in [0, 0.1) is 25.7 Å². The number of oxazole rings is 1. The number of nitrogens with one attached hydrogen (secondary N) is 1. The molecule has 3 unspecified atom stereocenters. The van der Waals surface area contributed by atoms with Crippen LogP contribution in [0.1, 0.15) is 29.1 Å². The van der Waals surface area contributed by atoms with Crippen molar-refractivity contribution in [3.8, 4) is 0 Å². The molecule has 1 amide bonds. The van der Waals surface area contributed by atoms with E-state index in [1.54, 1.807) is 6.92 Å². The number of fused-ring (bicyclic) bond motifs is 1. The molecule has 0 aliphatic carbocycles. The Morgan fingerprint density at radius 3 is 2.83 bits per heavy atom. The van der Waals surface area contributed by atoms with Crippen molar-refractivity contribution in [1.29, 1.82) is 0 Å². The Labute approximate surface area is 107 Å². The molecule has 2 saturated heterocycles. The quantitative estimate of drug-likeness (QED) is 0.805. The van der Waals surface area contributed by atoms with Crippen molar-refractivity contribution >= 4 is 5.91 Å². The van der Waals surface area contributed by atoms with Gasteiger partial charge in [-0.3, -0.25) is 4.79 Å². The van der Waals surface area contributed by atoms with Gasteiger partial charge in [0, 0.05) is 32.6 Å². The largest absolute Gasteiger partial charge is 0.436 e. The minimum absolute atomic E-state index is 0.00463. The topological polar surface area (TPSA) is 58.4 Å². The smallest absolute Gasteiger partial charge is 0.291 e. The number of aromatic nitrogens is 1. The summed E-state index contributed by atoms with van der Waals surface area (Å²) in [7, 11) is 0. The summed E-state index contributed by atoms with van der Waals surface area (Å²) in [5, 5.41) is 3.40. The third-order valence-electron chi connectivity index (χ3n) is 4.29. The summed E-state index contributed by atoms with van der Waals surface area (Å²) in [6.07, 6.45) is 0. The first kappa shape index (κ1) is 11.7. The molecule has 1 N–H and O–H groups in total. The lowest BCUT2D eigenvalue weighted by Crippen LogP contribution is -2.38. The zero-order valence-corrected chi connectivity index (χ0v) is 11.1. The van der Waals surface area contributed by atoms with E-state index in [0.717, 1.165) is 19.6 Å². The van der Waals surface area contributed by atoms with Crippen molar-refractivity contribution < 1.29 is 9.21 Å². The third-order valence-corrected chi connectivity index (χ3v) is 4.29. The van der Waals surface area contributed by atoms with E-state index in [2.05, 4.69) is 17.2 Å². The second kappa shape index (κ2) is 4.09. The molecule has 18 heavy (non-hydrogen) atoms. The van der Waals surface area contributed by atoms with E-state index in [1.165, 1.54) is 0 Å². The fraction of sp³-hybridized carbons (Fsp3) is 0.692. The van der Waals surface area contributed by atoms with Crippen molar-refractivity contribution in [2.75, 3.05) is 19.6 Å². The lowest BCUT2D eigenvalue weighted by Gasteiger charge is -2.23. The van der Waals surface area contributed by atoms with Crippen LogP contribution < -0.4 is 5.32 Å². The third kappa shape index (κ3) is 1.65. The maximum Gasteiger partial charge on any atom is 0.291 e. The molecule has 2 aliphatic rings. The molecular formula is C13H19N3O2. The second-order valence-electron chi connectivity index (χ2n) is 5.43. The highest BCUT2D eigenvalue weighted by atomic mass is 16.4. The number of nitrogens with zero attached hydrogens (tertiary/aromatic N) is 2. The van der Waals surface area contributed by atoms with Crippen molar-refractivity contribution in [2.24, 2.45) is 11.8 Å². The first-order valence-corrected chi connectivity index (χ1v) is 6.53. The van der Waals surface area contributed by atoms with Crippen LogP contribution in [0.2, 0.25) is 0 Å². The van der Waals surface area contributed by atoms with Crippen LogP contribution in [0.15, 0.2) is 4.42 Å². The molecule has 0 radical (unpaired) electrons. The van der Waals surface area contributed by atoms with Gasteiger partial charge in [0.15, 0.2) is 5.89 Å². The maximum atomic E-state index is 12.5. The number of rotatable bonds is 1.